The third-order valence-corrected chi connectivity index (χ3v) is 5.20. The Morgan fingerprint density at radius 1 is 1.24 bits per heavy atom. The summed E-state index contributed by atoms with van der Waals surface area (Å²) in [6, 6.07) is 11.1. The number of halogens is 3. The number of piperidine rings is 1. The molecule has 0 atom stereocenters. The van der Waals surface area contributed by atoms with E-state index in [9.17, 15) is 4.39 Å². The van der Waals surface area contributed by atoms with Crippen molar-refractivity contribution in [3.05, 3.63) is 59.0 Å². The van der Waals surface area contributed by atoms with Crippen molar-refractivity contribution in [1.29, 1.82) is 0 Å². The van der Waals surface area contributed by atoms with Crippen LogP contribution in [0.5, 0.6) is 0 Å². The van der Waals surface area contributed by atoms with E-state index in [0.29, 0.717) is 29.6 Å². The molecule has 0 unspecified atom stereocenters. The van der Waals surface area contributed by atoms with Crippen molar-refractivity contribution in [2.45, 2.75) is 32.2 Å². The van der Waals surface area contributed by atoms with Gasteiger partial charge in [0.05, 0.1) is 0 Å². The molecule has 2 aromatic rings. The Bertz CT molecular complexity index is 762. The highest BCUT2D eigenvalue weighted by atomic mass is 127. The van der Waals surface area contributed by atoms with Crippen molar-refractivity contribution in [3.63, 3.8) is 0 Å². The standard InChI is InChI=1S/C21H27ClFN5.HI/c1-2-24-21(26-13-9-17-18(22)6-5-7-19(17)23)27-16-10-14-28(15-11-16)20-8-3-4-12-25-20;/h3-8,12,16H,2,9-11,13-15H2,1H3,(H2,24,26,27);1H. The zero-order valence-electron chi connectivity index (χ0n) is 16.6. The number of pyridine rings is 1. The van der Waals surface area contributed by atoms with E-state index in [1.165, 1.54) is 6.07 Å². The number of aromatic nitrogens is 1. The van der Waals surface area contributed by atoms with E-state index in [-0.39, 0.29) is 29.8 Å². The maximum absolute atomic E-state index is 13.9. The Balaban J connectivity index is 0.00000300. The highest BCUT2D eigenvalue weighted by molar-refractivity contribution is 14.0. The van der Waals surface area contributed by atoms with Crippen LogP contribution in [-0.4, -0.2) is 43.2 Å². The number of aliphatic imine (C=N–C) groups is 1. The topological polar surface area (TPSA) is 52.6 Å². The second-order valence-corrected chi connectivity index (χ2v) is 7.21. The van der Waals surface area contributed by atoms with E-state index in [1.54, 1.807) is 12.1 Å². The summed E-state index contributed by atoms with van der Waals surface area (Å²) in [7, 11) is 0. The van der Waals surface area contributed by atoms with Crippen molar-refractivity contribution in [2.24, 2.45) is 4.99 Å². The number of nitrogens with zero attached hydrogens (tertiary/aromatic N) is 3. The molecule has 1 aliphatic heterocycles. The minimum absolute atomic E-state index is 0. The molecule has 0 radical (unpaired) electrons. The minimum atomic E-state index is -0.275. The van der Waals surface area contributed by atoms with E-state index in [2.05, 4.69) is 25.5 Å². The molecule has 1 aromatic heterocycles. The van der Waals surface area contributed by atoms with Crippen molar-refractivity contribution in [1.82, 2.24) is 15.6 Å². The van der Waals surface area contributed by atoms with Gasteiger partial charge >= 0.3 is 0 Å². The molecule has 5 nitrogen and oxygen atoms in total. The van der Waals surface area contributed by atoms with E-state index in [0.717, 1.165) is 44.3 Å². The van der Waals surface area contributed by atoms with Crippen molar-refractivity contribution in [3.8, 4) is 0 Å². The molecule has 2 heterocycles. The maximum atomic E-state index is 13.9. The van der Waals surface area contributed by atoms with Crippen LogP contribution in [0.15, 0.2) is 47.6 Å². The van der Waals surface area contributed by atoms with Gasteiger partial charge in [0, 0.05) is 49.0 Å². The molecular weight excluding hydrogens is 504 g/mol. The summed E-state index contributed by atoms with van der Waals surface area (Å²) in [5, 5.41) is 7.24. The first-order valence-electron chi connectivity index (χ1n) is 9.81. The van der Waals surface area contributed by atoms with Crippen LogP contribution in [0.1, 0.15) is 25.3 Å². The molecule has 0 amide bonds. The van der Waals surface area contributed by atoms with Gasteiger partial charge in [0.2, 0.25) is 0 Å². The first kappa shape index (κ1) is 23.7. The molecule has 2 N–H and O–H groups in total. The van der Waals surface area contributed by atoms with Crippen molar-refractivity contribution < 1.29 is 4.39 Å². The average molecular weight is 532 g/mol. The van der Waals surface area contributed by atoms with Crippen LogP contribution < -0.4 is 15.5 Å². The quantitative estimate of drug-likeness (QED) is 0.332. The Kier molecular flexibility index (Phi) is 9.93. The zero-order valence-corrected chi connectivity index (χ0v) is 19.7. The second kappa shape index (κ2) is 12.2. The fourth-order valence-corrected chi connectivity index (χ4v) is 3.62. The van der Waals surface area contributed by atoms with Crippen molar-refractivity contribution in [2.75, 3.05) is 31.1 Å². The SMILES string of the molecule is CCNC(=NCCc1c(F)cccc1Cl)NC1CCN(c2ccccn2)CC1.I. The van der Waals surface area contributed by atoms with Gasteiger partial charge < -0.3 is 15.5 Å². The second-order valence-electron chi connectivity index (χ2n) is 6.80. The van der Waals surface area contributed by atoms with Crippen LogP contribution in [-0.2, 0) is 6.42 Å². The molecule has 0 saturated carbocycles. The summed E-state index contributed by atoms with van der Waals surface area (Å²) < 4.78 is 13.9. The summed E-state index contributed by atoms with van der Waals surface area (Å²) in [5.74, 6) is 1.53. The highest BCUT2D eigenvalue weighted by Gasteiger charge is 2.20. The Morgan fingerprint density at radius 3 is 2.69 bits per heavy atom. The van der Waals surface area contributed by atoms with Gasteiger partial charge in [-0.1, -0.05) is 23.7 Å². The van der Waals surface area contributed by atoms with Gasteiger partial charge in [-0.15, -0.1) is 24.0 Å². The normalized spacial score (nSPS) is 15.0. The number of hydrogen-bond acceptors (Lipinski definition) is 3. The molecular formula is C21H28ClFIN5. The number of benzene rings is 1. The highest BCUT2D eigenvalue weighted by Crippen LogP contribution is 2.19. The molecule has 8 heteroatoms. The summed E-state index contributed by atoms with van der Waals surface area (Å²) in [6.07, 6.45) is 4.33. The van der Waals surface area contributed by atoms with E-state index < -0.39 is 0 Å². The predicted octanol–water partition coefficient (Wildman–Crippen LogP) is 4.26. The van der Waals surface area contributed by atoms with Crippen LogP contribution in [0.2, 0.25) is 5.02 Å². The fourth-order valence-electron chi connectivity index (χ4n) is 3.36. The minimum Gasteiger partial charge on any atom is -0.357 e. The summed E-state index contributed by atoms with van der Waals surface area (Å²) in [4.78, 5) is 11.3. The lowest BCUT2D eigenvalue weighted by Gasteiger charge is -2.33. The lowest BCUT2D eigenvalue weighted by atomic mass is 10.1. The molecule has 0 bridgehead atoms. The Labute approximate surface area is 194 Å². The van der Waals surface area contributed by atoms with Crippen LogP contribution in [0.3, 0.4) is 0 Å². The molecule has 1 saturated heterocycles. The van der Waals surface area contributed by atoms with Crippen LogP contribution in [0, 0.1) is 5.82 Å². The molecule has 1 aliphatic rings. The largest absolute Gasteiger partial charge is 0.357 e. The summed E-state index contributed by atoms with van der Waals surface area (Å²) >= 11 is 6.10. The van der Waals surface area contributed by atoms with Crippen LogP contribution in [0.25, 0.3) is 0 Å². The lowest BCUT2D eigenvalue weighted by Crippen LogP contribution is -2.49. The monoisotopic (exact) mass is 531 g/mol. The Morgan fingerprint density at radius 2 is 2.03 bits per heavy atom. The number of guanidine groups is 1. The van der Waals surface area contributed by atoms with Gasteiger partial charge in [0.15, 0.2) is 5.96 Å². The molecule has 158 valence electrons. The van der Waals surface area contributed by atoms with Gasteiger partial charge in [0.1, 0.15) is 11.6 Å². The maximum Gasteiger partial charge on any atom is 0.191 e. The lowest BCUT2D eigenvalue weighted by molar-refractivity contribution is 0.459. The van der Waals surface area contributed by atoms with E-state index >= 15 is 0 Å². The smallest absolute Gasteiger partial charge is 0.191 e. The van der Waals surface area contributed by atoms with Crippen LogP contribution >= 0.6 is 35.6 Å². The van der Waals surface area contributed by atoms with E-state index in [4.69, 9.17) is 11.6 Å². The predicted molar refractivity (Wildman–Crippen MR) is 129 cm³/mol. The molecule has 1 aromatic carbocycles. The summed E-state index contributed by atoms with van der Waals surface area (Å²) in [5.41, 5.74) is 0.521. The Hall–Kier alpha value is -1.61. The van der Waals surface area contributed by atoms with Gasteiger partial charge in [-0.25, -0.2) is 9.37 Å². The van der Waals surface area contributed by atoms with Gasteiger partial charge in [0.25, 0.3) is 0 Å². The van der Waals surface area contributed by atoms with Crippen molar-refractivity contribution >= 4 is 47.4 Å². The van der Waals surface area contributed by atoms with E-state index in [1.807, 2.05) is 31.3 Å². The summed E-state index contributed by atoms with van der Waals surface area (Å²) in [6.45, 7) is 5.20. The number of hydrogen-bond donors (Lipinski definition) is 2. The third-order valence-electron chi connectivity index (χ3n) is 4.85. The van der Waals surface area contributed by atoms with Crippen LogP contribution in [0.4, 0.5) is 10.2 Å². The first-order chi connectivity index (χ1) is 13.7. The first-order valence-corrected chi connectivity index (χ1v) is 10.2. The zero-order chi connectivity index (χ0) is 19.8. The van der Waals surface area contributed by atoms with Gasteiger partial charge in [-0.3, -0.25) is 4.99 Å². The molecule has 0 aliphatic carbocycles. The fraction of sp³-hybridized carbons (Fsp3) is 0.429. The third kappa shape index (κ3) is 6.99. The molecule has 3 rings (SSSR count). The van der Waals surface area contributed by atoms with Gasteiger partial charge in [-0.05, 0) is 50.5 Å². The molecule has 0 spiro atoms. The van der Waals surface area contributed by atoms with Gasteiger partial charge in [-0.2, -0.15) is 0 Å². The number of anilines is 1. The average Bonchev–Trinajstić information content (AvgIpc) is 2.71. The molecule has 1 fully saturated rings. The number of rotatable bonds is 6. The number of nitrogens with one attached hydrogen (secondary N) is 2. The molecule has 29 heavy (non-hydrogen) atoms.